The Balaban J connectivity index is 1.61. The lowest BCUT2D eigenvalue weighted by molar-refractivity contribution is -0.123. The van der Waals surface area contributed by atoms with Crippen molar-refractivity contribution in [3.8, 4) is 11.5 Å². The first-order valence-electron chi connectivity index (χ1n) is 10.7. The largest absolute Gasteiger partial charge is 0.490 e. The quantitative estimate of drug-likeness (QED) is 0.143. The molecule has 7 nitrogen and oxygen atoms in total. The molecule has 192 valence electrons. The third kappa shape index (κ3) is 6.61. The molecule has 0 unspecified atom stereocenters. The molecule has 3 aromatic rings. The van der Waals surface area contributed by atoms with E-state index in [1.165, 1.54) is 47.4 Å². The monoisotopic (exact) mass is 689 g/mol. The molecule has 0 aliphatic carbocycles. The lowest BCUT2D eigenvalue weighted by atomic mass is 10.1. The van der Waals surface area contributed by atoms with Gasteiger partial charge in [0.2, 0.25) is 5.75 Å². The maximum absolute atomic E-state index is 13.0. The third-order valence-electron chi connectivity index (χ3n) is 5.05. The number of imide groups is 1. The van der Waals surface area contributed by atoms with Gasteiger partial charge in [-0.3, -0.25) is 14.5 Å². The highest BCUT2D eigenvalue weighted by atomic mass is 127. The van der Waals surface area contributed by atoms with Crippen LogP contribution in [0.2, 0.25) is 10.0 Å². The molecule has 0 saturated carbocycles. The fourth-order valence-electron chi connectivity index (χ4n) is 3.33. The number of thioether (sulfide) groups is 1. The first kappa shape index (κ1) is 27.8. The van der Waals surface area contributed by atoms with Crippen LogP contribution in [0.3, 0.4) is 0 Å². The van der Waals surface area contributed by atoms with Gasteiger partial charge in [-0.25, -0.2) is 0 Å². The second-order valence-corrected chi connectivity index (χ2v) is 12.3. The van der Waals surface area contributed by atoms with Crippen molar-refractivity contribution in [2.45, 2.75) is 18.4 Å². The van der Waals surface area contributed by atoms with E-state index in [1.807, 2.05) is 24.3 Å². The van der Waals surface area contributed by atoms with Crippen LogP contribution in [0.4, 0.5) is 4.79 Å². The van der Waals surface area contributed by atoms with Gasteiger partial charge in [0.05, 0.1) is 23.1 Å². The summed E-state index contributed by atoms with van der Waals surface area (Å²) in [5.41, 5.74) is 1.26. The second kappa shape index (κ2) is 11.6. The first-order chi connectivity index (χ1) is 17.6. The molecule has 1 saturated heterocycles. The van der Waals surface area contributed by atoms with Crippen molar-refractivity contribution in [3.05, 3.63) is 90.3 Å². The van der Waals surface area contributed by atoms with Gasteiger partial charge < -0.3 is 8.92 Å². The van der Waals surface area contributed by atoms with Crippen LogP contribution < -0.4 is 8.92 Å². The maximum atomic E-state index is 13.0. The van der Waals surface area contributed by atoms with Gasteiger partial charge in [-0.15, -0.1) is 0 Å². The highest BCUT2D eigenvalue weighted by molar-refractivity contribution is 14.1. The first-order valence-corrected chi connectivity index (χ1v) is 14.8. The minimum Gasteiger partial charge on any atom is -0.490 e. The van der Waals surface area contributed by atoms with E-state index in [0.717, 1.165) is 20.9 Å². The number of ether oxygens (including phenoxy) is 1. The number of carbonyl (C=O) groups is 2. The smallest absolute Gasteiger partial charge is 0.339 e. The summed E-state index contributed by atoms with van der Waals surface area (Å²) < 4.78 is 37.5. The standard InChI is InChI=1S/C25H18Cl2INO6S2/c1-2-34-21-12-16(11-20(27)23(21)35-37(32,33)19-9-5-17(26)6-10-19)13-22-24(30)29(25(31)36-22)14-15-3-7-18(28)8-4-15/h3-13H,2,14H2,1H3/b22-13-. The number of nitrogens with zero attached hydrogens (tertiary/aromatic N) is 1. The molecule has 0 aromatic heterocycles. The predicted molar refractivity (Wildman–Crippen MR) is 153 cm³/mol. The van der Waals surface area contributed by atoms with E-state index in [1.54, 1.807) is 6.92 Å². The Kier molecular flexibility index (Phi) is 8.74. The SMILES string of the molecule is CCOc1cc(/C=C2\SC(=O)N(Cc3ccc(I)cc3)C2=O)cc(Cl)c1OS(=O)(=O)c1ccc(Cl)cc1. The Morgan fingerprint density at radius 3 is 2.35 bits per heavy atom. The van der Waals surface area contributed by atoms with Gasteiger partial charge in [0.1, 0.15) is 4.90 Å². The second-order valence-electron chi connectivity index (χ2n) is 7.65. The van der Waals surface area contributed by atoms with Gasteiger partial charge in [-0.2, -0.15) is 8.42 Å². The maximum Gasteiger partial charge on any atom is 0.339 e. The molecule has 0 spiro atoms. The zero-order valence-corrected chi connectivity index (χ0v) is 24.4. The summed E-state index contributed by atoms with van der Waals surface area (Å²) in [5, 5.41) is -0.0629. The van der Waals surface area contributed by atoms with Crippen LogP contribution in [0, 0.1) is 3.57 Å². The Bertz CT molecular complexity index is 1490. The molecule has 0 radical (unpaired) electrons. The highest BCUT2D eigenvalue weighted by Gasteiger charge is 2.35. The zero-order chi connectivity index (χ0) is 26.7. The van der Waals surface area contributed by atoms with Crippen LogP contribution in [-0.2, 0) is 21.5 Å². The zero-order valence-electron chi connectivity index (χ0n) is 19.1. The van der Waals surface area contributed by atoms with E-state index >= 15 is 0 Å². The summed E-state index contributed by atoms with van der Waals surface area (Å²) in [6, 6.07) is 15.9. The van der Waals surface area contributed by atoms with E-state index < -0.39 is 16.0 Å². The van der Waals surface area contributed by atoms with Gasteiger partial charge in [0.25, 0.3) is 11.1 Å². The molecule has 2 amide bonds. The van der Waals surface area contributed by atoms with Crippen molar-refractivity contribution in [2.75, 3.05) is 6.61 Å². The van der Waals surface area contributed by atoms with Crippen molar-refractivity contribution in [3.63, 3.8) is 0 Å². The van der Waals surface area contributed by atoms with E-state index in [-0.39, 0.29) is 44.7 Å². The lowest BCUT2D eigenvalue weighted by Gasteiger charge is -2.14. The molecule has 0 N–H and O–H groups in total. The van der Waals surface area contributed by atoms with E-state index in [4.69, 9.17) is 32.1 Å². The van der Waals surface area contributed by atoms with Crippen molar-refractivity contribution in [1.82, 2.24) is 4.90 Å². The lowest BCUT2D eigenvalue weighted by Crippen LogP contribution is -2.27. The van der Waals surface area contributed by atoms with Crippen LogP contribution >= 0.6 is 57.6 Å². The number of amides is 2. The molecule has 4 rings (SSSR count). The topological polar surface area (TPSA) is 90.0 Å². The van der Waals surface area contributed by atoms with Gasteiger partial charge in [-0.1, -0.05) is 35.3 Å². The van der Waals surface area contributed by atoms with Gasteiger partial charge >= 0.3 is 10.1 Å². The number of benzene rings is 3. The van der Waals surface area contributed by atoms with Crippen molar-refractivity contribution in [2.24, 2.45) is 0 Å². The minimum atomic E-state index is -4.23. The molecule has 12 heteroatoms. The van der Waals surface area contributed by atoms with Crippen LogP contribution in [0.5, 0.6) is 11.5 Å². The highest BCUT2D eigenvalue weighted by Crippen LogP contribution is 2.40. The summed E-state index contributed by atoms with van der Waals surface area (Å²) >= 11 is 15.2. The number of halogens is 3. The van der Waals surface area contributed by atoms with Crippen molar-refractivity contribution >= 4 is 84.9 Å². The van der Waals surface area contributed by atoms with Gasteiger partial charge in [0, 0.05) is 8.59 Å². The molecule has 1 heterocycles. The average Bonchev–Trinajstić information content (AvgIpc) is 3.10. The summed E-state index contributed by atoms with van der Waals surface area (Å²) in [5.74, 6) is -0.562. The minimum absolute atomic E-state index is 0.0483. The Hall–Kier alpha value is -2.25. The summed E-state index contributed by atoms with van der Waals surface area (Å²) in [6.07, 6.45) is 1.50. The Morgan fingerprint density at radius 2 is 1.70 bits per heavy atom. The summed E-state index contributed by atoms with van der Waals surface area (Å²) in [7, 11) is -4.23. The van der Waals surface area contributed by atoms with Crippen LogP contribution in [0.1, 0.15) is 18.1 Å². The van der Waals surface area contributed by atoms with Gasteiger partial charge in [-0.05, 0) is 107 Å². The molecule has 1 aliphatic heterocycles. The number of hydrogen-bond donors (Lipinski definition) is 0. The molecular weight excluding hydrogens is 672 g/mol. The van der Waals surface area contributed by atoms with Crippen LogP contribution in [0.15, 0.2) is 70.5 Å². The molecule has 0 bridgehead atoms. The summed E-state index contributed by atoms with van der Waals surface area (Å²) in [4.78, 5) is 26.8. The Morgan fingerprint density at radius 1 is 1.03 bits per heavy atom. The molecule has 1 aliphatic rings. The van der Waals surface area contributed by atoms with Gasteiger partial charge in [0.15, 0.2) is 5.75 Å². The van der Waals surface area contributed by atoms with Crippen molar-refractivity contribution < 1.29 is 26.9 Å². The van der Waals surface area contributed by atoms with E-state index in [2.05, 4.69) is 22.6 Å². The molecule has 3 aromatic carbocycles. The van der Waals surface area contributed by atoms with E-state index in [0.29, 0.717) is 10.6 Å². The molecule has 37 heavy (non-hydrogen) atoms. The number of carbonyl (C=O) groups excluding carboxylic acids is 2. The van der Waals surface area contributed by atoms with E-state index in [9.17, 15) is 18.0 Å². The fourth-order valence-corrected chi connectivity index (χ4v) is 5.92. The predicted octanol–water partition coefficient (Wildman–Crippen LogP) is 7.00. The molecule has 0 atom stereocenters. The Labute approximate surface area is 242 Å². The molecule has 1 fully saturated rings. The van der Waals surface area contributed by atoms with Crippen molar-refractivity contribution in [1.29, 1.82) is 0 Å². The van der Waals surface area contributed by atoms with Crippen LogP contribution in [-0.4, -0.2) is 31.1 Å². The molecular formula is C25H18Cl2INO6S2. The summed E-state index contributed by atoms with van der Waals surface area (Å²) in [6.45, 7) is 2.07. The fraction of sp³-hybridized carbons (Fsp3) is 0.120. The average molecular weight is 690 g/mol. The number of rotatable bonds is 8. The third-order valence-corrected chi connectivity index (χ3v) is 8.45. The number of hydrogen-bond acceptors (Lipinski definition) is 7. The normalized spacial score (nSPS) is 14.9. The van der Waals surface area contributed by atoms with Crippen LogP contribution in [0.25, 0.3) is 6.08 Å².